The van der Waals surface area contributed by atoms with Crippen molar-refractivity contribution in [1.82, 2.24) is 20.4 Å². The van der Waals surface area contributed by atoms with Crippen LogP contribution in [0.15, 0.2) is 0 Å². The lowest BCUT2D eigenvalue weighted by Crippen LogP contribution is -2.66. The summed E-state index contributed by atoms with van der Waals surface area (Å²) in [5.74, 6) is 0.0491. The van der Waals surface area contributed by atoms with E-state index in [4.69, 9.17) is 0 Å². The molecule has 0 unspecified atom stereocenters. The van der Waals surface area contributed by atoms with E-state index in [0.717, 1.165) is 25.7 Å². The summed E-state index contributed by atoms with van der Waals surface area (Å²) in [4.78, 5) is 28.2. The monoisotopic (exact) mass is 278 g/mol. The summed E-state index contributed by atoms with van der Waals surface area (Å²) in [6, 6.07) is 0.247. The first-order valence-corrected chi connectivity index (χ1v) is 7.61. The molecule has 4 rings (SSSR count). The molecule has 110 valence electrons. The Bertz CT molecular complexity index is 452. The predicted molar refractivity (Wildman–Crippen MR) is 73.1 cm³/mol. The SMILES string of the molecule is CN1CC2(CC(NC(=O)[C@@H]3CC[C@@H]4CN3C(=O)N4)C2)C1. The zero-order valence-electron chi connectivity index (χ0n) is 11.9. The molecule has 3 heterocycles. The maximum absolute atomic E-state index is 12.4. The average molecular weight is 278 g/mol. The Kier molecular flexibility index (Phi) is 2.55. The molecule has 3 amide bonds. The molecular weight excluding hydrogens is 256 g/mol. The average Bonchev–Trinajstić information content (AvgIpc) is 2.60. The quantitative estimate of drug-likeness (QED) is 0.732. The second-order valence-corrected chi connectivity index (χ2v) is 7.18. The number of nitrogens with zero attached hydrogens (tertiary/aromatic N) is 2. The number of nitrogens with one attached hydrogen (secondary N) is 2. The first kappa shape index (κ1) is 12.4. The van der Waals surface area contributed by atoms with Gasteiger partial charge in [-0.15, -0.1) is 0 Å². The molecule has 2 atom stereocenters. The lowest BCUT2D eigenvalue weighted by Gasteiger charge is -2.58. The van der Waals surface area contributed by atoms with Gasteiger partial charge in [-0.2, -0.15) is 0 Å². The van der Waals surface area contributed by atoms with Crippen LogP contribution in [0.5, 0.6) is 0 Å². The molecule has 2 N–H and O–H groups in total. The van der Waals surface area contributed by atoms with Gasteiger partial charge in [0, 0.05) is 31.7 Å². The summed E-state index contributed by atoms with van der Waals surface area (Å²) in [6.45, 7) is 3.02. The molecule has 1 aliphatic carbocycles. The molecule has 1 saturated carbocycles. The molecule has 3 saturated heterocycles. The van der Waals surface area contributed by atoms with Crippen molar-refractivity contribution in [2.24, 2.45) is 5.41 Å². The van der Waals surface area contributed by atoms with Gasteiger partial charge in [0.05, 0.1) is 0 Å². The predicted octanol–water partition coefficient (Wildman–Crippen LogP) is -0.247. The van der Waals surface area contributed by atoms with Gasteiger partial charge in [0.1, 0.15) is 6.04 Å². The molecule has 6 nitrogen and oxygen atoms in total. The van der Waals surface area contributed by atoms with Crippen molar-refractivity contribution >= 4 is 11.9 Å². The number of hydrogen-bond acceptors (Lipinski definition) is 3. The second-order valence-electron chi connectivity index (χ2n) is 7.18. The van der Waals surface area contributed by atoms with Gasteiger partial charge in [-0.1, -0.05) is 0 Å². The number of rotatable bonds is 2. The third-order valence-electron chi connectivity index (χ3n) is 5.39. The Morgan fingerprint density at radius 1 is 1.35 bits per heavy atom. The number of carbonyl (C=O) groups is 2. The third kappa shape index (κ3) is 1.81. The topological polar surface area (TPSA) is 64.7 Å². The molecule has 0 radical (unpaired) electrons. The smallest absolute Gasteiger partial charge is 0.318 e. The van der Waals surface area contributed by atoms with E-state index in [0.29, 0.717) is 18.0 Å². The molecule has 0 aromatic heterocycles. The lowest BCUT2D eigenvalue weighted by molar-refractivity contribution is -0.131. The molecule has 0 aromatic rings. The van der Waals surface area contributed by atoms with Crippen LogP contribution in [0.1, 0.15) is 25.7 Å². The molecule has 20 heavy (non-hydrogen) atoms. The van der Waals surface area contributed by atoms with E-state index in [1.54, 1.807) is 4.90 Å². The highest BCUT2D eigenvalue weighted by Crippen LogP contribution is 2.47. The number of hydrogen-bond donors (Lipinski definition) is 2. The molecule has 2 bridgehead atoms. The maximum atomic E-state index is 12.4. The summed E-state index contributed by atoms with van der Waals surface area (Å²) >= 11 is 0. The Morgan fingerprint density at radius 3 is 2.80 bits per heavy atom. The Hall–Kier alpha value is -1.30. The van der Waals surface area contributed by atoms with Crippen molar-refractivity contribution in [3.8, 4) is 0 Å². The molecule has 4 aliphatic rings. The van der Waals surface area contributed by atoms with Crippen molar-refractivity contribution in [1.29, 1.82) is 0 Å². The summed E-state index contributed by atoms with van der Waals surface area (Å²) in [6.07, 6.45) is 3.91. The van der Waals surface area contributed by atoms with Crippen molar-refractivity contribution in [3.63, 3.8) is 0 Å². The fourth-order valence-corrected chi connectivity index (χ4v) is 4.59. The van der Waals surface area contributed by atoms with Crippen molar-refractivity contribution in [3.05, 3.63) is 0 Å². The number of fused-ring (bicyclic) bond motifs is 2. The minimum atomic E-state index is -0.255. The molecule has 0 aromatic carbocycles. The highest BCUT2D eigenvalue weighted by molar-refractivity contribution is 5.89. The van der Waals surface area contributed by atoms with Gasteiger partial charge in [-0.05, 0) is 38.1 Å². The minimum absolute atomic E-state index is 0.0491. The fourth-order valence-electron chi connectivity index (χ4n) is 4.59. The summed E-state index contributed by atoms with van der Waals surface area (Å²) in [5.41, 5.74) is 0.482. The van der Waals surface area contributed by atoms with Crippen LogP contribution < -0.4 is 10.6 Å². The molecule has 3 aliphatic heterocycles. The van der Waals surface area contributed by atoms with Gasteiger partial charge in [0.15, 0.2) is 0 Å². The van der Waals surface area contributed by atoms with Crippen molar-refractivity contribution in [2.75, 3.05) is 26.7 Å². The van der Waals surface area contributed by atoms with Gasteiger partial charge in [-0.3, -0.25) is 4.79 Å². The van der Waals surface area contributed by atoms with E-state index in [1.165, 1.54) is 13.1 Å². The normalized spacial score (nSPS) is 35.5. The number of piperidine rings is 1. The molecular formula is C14H22N4O2. The second kappa shape index (κ2) is 4.10. The standard InChI is InChI=1S/C14H22N4O2/c1-17-7-14(8-17)4-10(5-14)15-12(19)11-3-2-9-6-18(11)13(20)16-9/h9-11H,2-8H2,1H3,(H,15,19)(H,16,20)/t9-,11+/m1/s1. The highest BCUT2D eigenvalue weighted by Gasteiger charge is 2.52. The van der Waals surface area contributed by atoms with E-state index in [1.807, 2.05) is 0 Å². The summed E-state index contributed by atoms with van der Waals surface area (Å²) in [5, 5.41) is 6.07. The zero-order valence-corrected chi connectivity index (χ0v) is 11.9. The van der Waals surface area contributed by atoms with Crippen molar-refractivity contribution in [2.45, 2.75) is 43.8 Å². The number of carbonyl (C=O) groups excluding carboxylic acids is 2. The first-order chi connectivity index (χ1) is 9.55. The lowest BCUT2D eigenvalue weighted by atomic mass is 9.61. The van der Waals surface area contributed by atoms with Crippen LogP contribution in [0, 0.1) is 5.41 Å². The maximum Gasteiger partial charge on any atom is 0.318 e. The Balaban J connectivity index is 1.32. The van der Waals surface area contributed by atoms with E-state index in [9.17, 15) is 9.59 Å². The largest absolute Gasteiger partial charge is 0.352 e. The minimum Gasteiger partial charge on any atom is -0.352 e. The van der Waals surface area contributed by atoms with Crippen LogP contribution in [0.25, 0.3) is 0 Å². The van der Waals surface area contributed by atoms with E-state index < -0.39 is 0 Å². The van der Waals surface area contributed by atoms with Crippen LogP contribution >= 0.6 is 0 Å². The van der Waals surface area contributed by atoms with Crippen LogP contribution in [-0.4, -0.2) is 66.5 Å². The van der Waals surface area contributed by atoms with Gasteiger partial charge in [0.2, 0.25) is 5.91 Å². The Morgan fingerprint density at radius 2 is 2.10 bits per heavy atom. The van der Waals surface area contributed by atoms with Gasteiger partial charge >= 0.3 is 6.03 Å². The number of amides is 3. The number of urea groups is 1. The molecule has 4 fully saturated rings. The van der Waals surface area contributed by atoms with Crippen LogP contribution in [0.2, 0.25) is 0 Å². The summed E-state index contributed by atoms with van der Waals surface area (Å²) in [7, 11) is 2.14. The zero-order chi connectivity index (χ0) is 13.9. The van der Waals surface area contributed by atoms with Crippen LogP contribution in [0.4, 0.5) is 4.79 Å². The van der Waals surface area contributed by atoms with Crippen molar-refractivity contribution < 1.29 is 9.59 Å². The van der Waals surface area contributed by atoms with Gasteiger partial charge < -0.3 is 20.4 Å². The van der Waals surface area contributed by atoms with E-state index in [-0.39, 0.29) is 24.0 Å². The van der Waals surface area contributed by atoms with Gasteiger partial charge in [-0.25, -0.2) is 4.79 Å². The third-order valence-corrected chi connectivity index (χ3v) is 5.39. The summed E-state index contributed by atoms with van der Waals surface area (Å²) < 4.78 is 0. The van der Waals surface area contributed by atoms with Gasteiger partial charge in [0.25, 0.3) is 0 Å². The molecule has 6 heteroatoms. The first-order valence-electron chi connectivity index (χ1n) is 7.61. The van der Waals surface area contributed by atoms with E-state index in [2.05, 4.69) is 22.6 Å². The van der Waals surface area contributed by atoms with Crippen LogP contribution in [-0.2, 0) is 4.79 Å². The Labute approximate surface area is 118 Å². The number of likely N-dealkylation sites (tertiary alicyclic amines) is 1. The fraction of sp³-hybridized carbons (Fsp3) is 0.857. The molecule has 1 spiro atoms. The van der Waals surface area contributed by atoms with E-state index >= 15 is 0 Å². The highest BCUT2D eigenvalue weighted by atomic mass is 16.2. The van der Waals surface area contributed by atoms with Crippen LogP contribution in [0.3, 0.4) is 0 Å².